The number of hydrogen-bond donors (Lipinski definition) is 2. The molecule has 0 heterocycles. The third kappa shape index (κ3) is 2.74. The minimum atomic E-state index is 0.190. The molecule has 16 heavy (non-hydrogen) atoms. The third-order valence-corrected chi connectivity index (χ3v) is 2.86. The van der Waals surface area contributed by atoms with Gasteiger partial charge in [-0.3, -0.25) is 0 Å². The van der Waals surface area contributed by atoms with Gasteiger partial charge in [-0.2, -0.15) is 0 Å². The molecule has 0 saturated heterocycles. The fourth-order valence-corrected chi connectivity index (χ4v) is 2.11. The Hall–Kier alpha value is -1.06. The average molecular weight is 223 g/mol. The number of aliphatic hydroxyl groups is 1. The third-order valence-electron chi connectivity index (χ3n) is 2.86. The van der Waals surface area contributed by atoms with Gasteiger partial charge in [0, 0.05) is 12.6 Å². The molecule has 1 atom stereocenters. The second kappa shape index (κ2) is 5.87. The lowest BCUT2D eigenvalue weighted by atomic mass is 9.98. The summed E-state index contributed by atoms with van der Waals surface area (Å²) in [5.74, 6) is 0.947. The number of ether oxygens (including phenoxy) is 1. The van der Waals surface area contributed by atoms with E-state index in [0.29, 0.717) is 0 Å². The summed E-state index contributed by atoms with van der Waals surface area (Å²) in [5, 5.41) is 12.2. The van der Waals surface area contributed by atoms with E-state index < -0.39 is 0 Å². The monoisotopic (exact) mass is 223 g/mol. The minimum absolute atomic E-state index is 0.190. The van der Waals surface area contributed by atoms with Gasteiger partial charge in [-0.05, 0) is 44.0 Å². The normalized spacial score (nSPS) is 12.6. The topological polar surface area (TPSA) is 41.5 Å². The minimum Gasteiger partial charge on any atom is -0.496 e. The second-order valence-electron chi connectivity index (χ2n) is 4.04. The van der Waals surface area contributed by atoms with Crippen LogP contribution in [0.5, 0.6) is 5.75 Å². The molecule has 2 N–H and O–H groups in total. The van der Waals surface area contributed by atoms with Crippen LogP contribution >= 0.6 is 0 Å². The molecule has 0 aromatic heterocycles. The Morgan fingerprint density at radius 3 is 2.25 bits per heavy atom. The highest BCUT2D eigenvalue weighted by molar-refractivity contribution is 5.44. The van der Waals surface area contributed by atoms with Crippen LogP contribution < -0.4 is 10.1 Å². The van der Waals surface area contributed by atoms with Gasteiger partial charge >= 0.3 is 0 Å². The molecule has 1 rings (SSSR count). The Labute approximate surface area is 97.4 Å². The summed E-state index contributed by atoms with van der Waals surface area (Å²) in [6.45, 7) is 4.28. The molecule has 3 nitrogen and oxygen atoms in total. The van der Waals surface area contributed by atoms with Gasteiger partial charge in [0.05, 0.1) is 7.11 Å². The summed E-state index contributed by atoms with van der Waals surface area (Å²) in [6.07, 6.45) is 0.724. The van der Waals surface area contributed by atoms with Crippen LogP contribution in [0.1, 0.15) is 29.2 Å². The van der Waals surface area contributed by atoms with Gasteiger partial charge < -0.3 is 15.2 Å². The van der Waals surface area contributed by atoms with Gasteiger partial charge in [0.1, 0.15) is 5.75 Å². The Kier molecular flexibility index (Phi) is 4.77. The number of methoxy groups -OCH3 is 1. The molecule has 0 amide bonds. The fraction of sp³-hybridized carbons (Fsp3) is 0.538. The van der Waals surface area contributed by atoms with Crippen LogP contribution in [-0.4, -0.2) is 25.9 Å². The van der Waals surface area contributed by atoms with E-state index in [4.69, 9.17) is 9.84 Å². The fourth-order valence-electron chi connectivity index (χ4n) is 2.11. The van der Waals surface area contributed by atoms with Crippen LogP contribution in [0.15, 0.2) is 12.1 Å². The Balaban J connectivity index is 3.06. The van der Waals surface area contributed by atoms with Crippen molar-refractivity contribution in [1.82, 2.24) is 5.32 Å². The van der Waals surface area contributed by atoms with Gasteiger partial charge in [-0.25, -0.2) is 0 Å². The molecule has 90 valence electrons. The molecule has 0 saturated carbocycles. The van der Waals surface area contributed by atoms with Crippen molar-refractivity contribution < 1.29 is 9.84 Å². The molecule has 1 aromatic carbocycles. The summed E-state index contributed by atoms with van der Waals surface area (Å²) in [4.78, 5) is 0. The van der Waals surface area contributed by atoms with Crippen LogP contribution in [-0.2, 0) is 0 Å². The highest BCUT2D eigenvalue weighted by Crippen LogP contribution is 2.28. The van der Waals surface area contributed by atoms with Crippen LogP contribution in [0.2, 0.25) is 0 Å². The van der Waals surface area contributed by atoms with Gasteiger partial charge in [0.15, 0.2) is 0 Å². The smallest absolute Gasteiger partial charge is 0.124 e. The molecule has 0 fully saturated rings. The van der Waals surface area contributed by atoms with Crippen molar-refractivity contribution in [3.05, 3.63) is 28.8 Å². The van der Waals surface area contributed by atoms with Gasteiger partial charge in [0.25, 0.3) is 0 Å². The number of aliphatic hydroxyl groups excluding tert-OH is 1. The molecular formula is C13H21NO2. The van der Waals surface area contributed by atoms with E-state index in [1.54, 1.807) is 7.11 Å². The first-order chi connectivity index (χ1) is 7.63. The first-order valence-corrected chi connectivity index (χ1v) is 5.57. The van der Waals surface area contributed by atoms with E-state index in [9.17, 15) is 0 Å². The van der Waals surface area contributed by atoms with Crippen molar-refractivity contribution in [3.63, 3.8) is 0 Å². The summed E-state index contributed by atoms with van der Waals surface area (Å²) < 4.78 is 5.33. The lowest BCUT2D eigenvalue weighted by molar-refractivity contribution is 0.268. The van der Waals surface area contributed by atoms with Crippen LogP contribution in [0.4, 0.5) is 0 Å². The van der Waals surface area contributed by atoms with E-state index in [2.05, 4.69) is 17.4 Å². The molecule has 0 bridgehead atoms. The summed E-state index contributed by atoms with van der Waals surface area (Å²) in [5.41, 5.74) is 3.47. The Morgan fingerprint density at radius 2 is 1.88 bits per heavy atom. The Morgan fingerprint density at radius 1 is 1.31 bits per heavy atom. The molecule has 0 aliphatic carbocycles. The molecule has 0 spiro atoms. The zero-order valence-corrected chi connectivity index (χ0v) is 10.5. The molecule has 0 radical (unpaired) electrons. The highest BCUT2D eigenvalue weighted by atomic mass is 16.5. The van der Waals surface area contributed by atoms with E-state index in [-0.39, 0.29) is 12.6 Å². The van der Waals surface area contributed by atoms with Gasteiger partial charge in [-0.1, -0.05) is 12.1 Å². The molecular weight excluding hydrogens is 202 g/mol. The quantitative estimate of drug-likeness (QED) is 0.801. The zero-order valence-electron chi connectivity index (χ0n) is 10.5. The van der Waals surface area contributed by atoms with Crippen LogP contribution in [0.25, 0.3) is 0 Å². The van der Waals surface area contributed by atoms with Crippen molar-refractivity contribution >= 4 is 0 Å². The predicted octanol–water partition coefficient (Wildman–Crippen LogP) is 1.95. The number of aryl methyl sites for hydroxylation is 2. The maximum Gasteiger partial charge on any atom is 0.124 e. The number of nitrogens with one attached hydrogen (secondary N) is 1. The van der Waals surface area contributed by atoms with Crippen molar-refractivity contribution in [1.29, 1.82) is 0 Å². The van der Waals surface area contributed by atoms with E-state index in [0.717, 1.165) is 23.3 Å². The van der Waals surface area contributed by atoms with Crippen molar-refractivity contribution in [2.75, 3.05) is 20.8 Å². The van der Waals surface area contributed by atoms with Crippen LogP contribution in [0, 0.1) is 13.8 Å². The van der Waals surface area contributed by atoms with Crippen molar-refractivity contribution in [3.8, 4) is 5.75 Å². The largest absolute Gasteiger partial charge is 0.496 e. The number of benzene rings is 1. The summed E-state index contributed by atoms with van der Waals surface area (Å²) in [7, 11) is 3.60. The molecule has 1 aromatic rings. The SMILES string of the molecule is CNC(CCO)c1cc(C)c(OC)c(C)c1. The van der Waals surface area contributed by atoms with Crippen molar-refractivity contribution in [2.24, 2.45) is 0 Å². The maximum atomic E-state index is 9.00. The van der Waals surface area contributed by atoms with E-state index in [1.807, 2.05) is 20.9 Å². The molecule has 1 unspecified atom stereocenters. The van der Waals surface area contributed by atoms with E-state index >= 15 is 0 Å². The first kappa shape index (κ1) is 13.0. The Bertz CT molecular complexity index is 327. The molecule has 0 aliphatic rings. The highest BCUT2D eigenvalue weighted by Gasteiger charge is 2.12. The average Bonchev–Trinajstić information content (AvgIpc) is 2.25. The number of hydrogen-bond acceptors (Lipinski definition) is 3. The summed E-state index contributed by atoms with van der Waals surface area (Å²) in [6, 6.07) is 4.43. The number of rotatable bonds is 5. The van der Waals surface area contributed by atoms with Gasteiger partial charge in [0.2, 0.25) is 0 Å². The predicted molar refractivity (Wildman–Crippen MR) is 66.0 cm³/mol. The lowest BCUT2D eigenvalue weighted by Crippen LogP contribution is -2.18. The van der Waals surface area contributed by atoms with Crippen LogP contribution in [0.3, 0.4) is 0 Å². The first-order valence-electron chi connectivity index (χ1n) is 5.57. The lowest BCUT2D eigenvalue weighted by Gasteiger charge is -2.18. The zero-order chi connectivity index (χ0) is 12.1. The molecule has 3 heteroatoms. The second-order valence-corrected chi connectivity index (χ2v) is 4.04. The standard InChI is InChI=1S/C13H21NO2/c1-9-7-11(12(14-3)5-6-15)8-10(2)13(9)16-4/h7-8,12,14-15H,5-6H2,1-4H3. The van der Waals surface area contributed by atoms with Crippen molar-refractivity contribution in [2.45, 2.75) is 26.3 Å². The summed E-state index contributed by atoms with van der Waals surface area (Å²) >= 11 is 0. The van der Waals surface area contributed by atoms with E-state index in [1.165, 1.54) is 5.56 Å². The maximum absolute atomic E-state index is 9.00. The molecule has 0 aliphatic heterocycles. The van der Waals surface area contributed by atoms with Gasteiger partial charge in [-0.15, -0.1) is 0 Å².